The number of esters is 1. The largest absolute Gasteiger partial charge is 0.440 e. The van der Waals surface area contributed by atoms with E-state index in [1.165, 1.54) is 30.3 Å². The number of hydrogen-bond donors (Lipinski definition) is 1. The fourth-order valence-electron chi connectivity index (χ4n) is 3.49. The Balaban J connectivity index is 1.72. The number of hydrogen-bond acceptors (Lipinski definition) is 7. The third kappa shape index (κ3) is 4.20. The second-order valence-electron chi connectivity index (χ2n) is 6.96. The molecule has 1 aliphatic heterocycles. The molecule has 10 heteroatoms. The van der Waals surface area contributed by atoms with E-state index in [4.69, 9.17) is 38.4 Å². The Morgan fingerprint density at radius 3 is 2.48 bits per heavy atom. The number of nitrogens with zero attached hydrogens (tertiary/aromatic N) is 2. The van der Waals surface area contributed by atoms with E-state index in [9.17, 15) is 20.2 Å². The summed E-state index contributed by atoms with van der Waals surface area (Å²) in [6.45, 7) is 0. The van der Waals surface area contributed by atoms with Crippen LogP contribution in [0.3, 0.4) is 0 Å². The van der Waals surface area contributed by atoms with Gasteiger partial charge in [0.1, 0.15) is 23.1 Å². The average molecular weight is 482 g/mol. The fourth-order valence-corrected chi connectivity index (χ4v) is 4.11. The van der Waals surface area contributed by atoms with Crippen molar-refractivity contribution in [1.29, 1.82) is 5.26 Å². The van der Waals surface area contributed by atoms with Crippen LogP contribution in [0.5, 0.6) is 11.5 Å². The number of rotatable bonds is 4. The van der Waals surface area contributed by atoms with E-state index >= 15 is 0 Å². The molecule has 0 saturated heterocycles. The van der Waals surface area contributed by atoms with Crippen molar-refractivity contribution in [2.75, 3.05) is 0 Å². The second kappa shape index (κ2) is 8.82. The highest BCUT2D eigenvalue weighted by atomic mass is 35.5. The Morgan fingerprint density at radius 1 is 1.12 bits per heavy atom. The first-order chi connectivity index (χ1) is 15.8. The lowest BCUT2D eigenvalue weighted by molar-refractivity contribution is -0.384. The van der Waals surface area contributed by atoms with Crippen molar-refractivity contribution in [3.05, 3.63) is 109 Å². The van der Waals surface area contributed by atoms with E-state index < -0.39 is 16.8 Å². The molecule has 0 spiro atoms. The highest BCUT2D eigenvalue weighted by Gasteiger charge is 2.33. The number of non-ortho nitro benzene ring substituents is 1. The van der Waals surface area contributed by atoms with Crippen molar-refractivity contribution in [3.63, 3.8) is 0 Å². The molecule has 0 saturated carbocycles. The Kier molecular flexibility index (Phi) is 5.92. The average Bonchev–Trinajstić information content (AvgIpc) is 2.78. The Morgan fingerprint density at radius 2 is 1.82 bits per heavy atom. The lowest BCUT2D eigenvalue weighted by atomic mass is 9.83. The summed E-state index contributed by atoms with van der Waals surface area (Å²) in [4.78, 5) is 22.8. The topological polar surface area (TPSA) is 128 Å². The molecule has 2 N–H and O–H groups in total. The van der Waals surface area contributed by atoms with Crippen LogP contribution in [0, 0.1) is 21.4 Å². The lowest BCUT2D eigenvalue weighted by Gasteiger charge is -2.27. The molecule has 4 rings (SSSR count). The van der Waals surface area contributed by atoms with Gasteiger partial charge in [-0.3, -0.25) is 10.1 Å². The molecule has 33 heavy (non-hydrogen) atoms. The summed E-state index contributed by atoms with van der Waals surface area (Å²) in [5.74, 6) is -1.25. The smallest absolute Gasteiger partial charge is 0.343 e. The molecule has 0 aromatic heterocycles. The predicted octanol–water partition coefficient (Wildman–Crippen LogP) is 5.34. The summed E-state index contributed by atoms with van der Waals surface area (Å²) < 4.78 is 11.0. The number of carbonyl (C=O) groups is 1. The number of nitriles is 1. The zero-order chi connectivity index (χ0) is 23.7. The molecule has 0 bridgehead atoms. The highest BCUT2D eigenvalue weighted by Crippen LogP contribution is 2.47. The van der Waals surface area contributed by atoms with Crippen LogP contribution in [0.15, 0.2) is 72.1 Å². The number of allylic oxidation sites excluding steroid dienone is 1. The van der Waals surface area contributed by atoms with Gasteiger partial charge in [0.05, 0.1) is 16.4 Å². The van der Waals surface area contributed by atoms with E-state index in [-0.39, 0.29) is 34.2 Å². The van der Waals surface area contributed by atoms with Gasteiger partial charge in [-0.1, -0.05) is 41.4 Å². The molecule has 0 aliphatic carbocycles. The van der Waals surface area contributed by atoms with Crippen LogP contribution in [-0.2, 0) is 0 Å². The van der Waals surface area contributed by atoms with Gasteiger partial charge in [0, 0.05) is 39.4 Å². The third-order valence-electron chi connectivity index (χ3n) is 4.98. The van der Waals surface area contributed by atoms with Crippen molar-refractivity contribution in [3.8, 4) is 17.6 Å². The normalized spacial score (nSPS) is 14.6. The van der Waals surface area contributed by atoms with Gasteiger partial charge in [0.25, 0.3) is 5.69 Å². The maximum absolute atomic E-state index is 12.5. The molecule has 3 aromatic rings. The molecule has 1 atom stereocenters. The summed E-state index contributed by atoms with van der Waals surface area (Å²) in [5.41, 5.74) is 6.95. The number of nitrogens with two attached hydrogens (primary N) is 1. The number of benzene rings is 3. The van der Waals surface area contributed by atoms with Gasteiger partial charge in [-0.15, -0.1) is 0 Å². The minimum Gasteiger partial charge on any atom is -0.440 e. The number of nitro benzene ring substituents is 1. The molecular formula is C23H13Cl2N3O5. The third-order valence-corrected chi connectivity index (χ3v) is 5.64. The van der Waals surface area contributed by atoms with Gasteiger partial charge >= 0.3 is 5.97 Å². The summed E-state index contributed by atoms with van der Waals surface area (Å²) in [6, 6.07) is 16.8. The molecule has 1 heterocycles. The van der Waals surface area contributed by atoms with Crippen LogP contribution < -0.4 is 15.2 Å². The number of fused-ring (bicyclic) bond motifs is 1. The number of nitro groups is 1. The van der Waals surface area contributed by atoms with Gasteiger partial charge in [-0.25, -0.2) is 4.79 Å². The van der Waals surface area contributed by atoms with E-state index in [1.807, 2.05) is 0 Å². The van der Waals surface area contributed by atoms with Gasteiger partial charge in [0.15, 0.2) is 0 Å². The molecule has 0 radical (unpaired) electrons. The van der Waals surface area contributed by atoms with Crippen LogP contribution >= 0.6 is 23.2 Å². The molecule has 0 amide bonds. The van der Waals surface area contributed by atoms with Crippen LogP contribution in [0.4, 0.5) is 5.69 Å². The monoisotopic (exact) mass is 481 g/mol. The van der Waals surface area contributed by atoms with E-state index in [0.717, 1.165) is 6.07 Å². The molecular weight excluding hydrogens is 469 g/mol. The van der Waals surface area contributed by atoms with Crippen molar-refractivity contribution in [2.45, 2.75) is 5.92 Å². The van der Waals surface area contributed by atoms with Gasteiger partial charge in [0.2, 0.25) is 5.88 Å². The molecule has 1 aliphatic rings. The minimum absolute atomic E-state index is 0.00902. The maximum atomic E-state index is 12.5. The number of ether oxygens (including phenoxy) is 2. The molecule has 1 unspecified atom stereocenters. The van der Waals surface area contributed by atoms with Crippen molar-refractivity contribution < 1.29 is 19.2 Å². The Bertz CT molecular complexity index is 1360. The van der Waals surface area contributed by atoms with E-state index in [1.54, 1.807) is 24.3 Å². The van der Waals surface area contributed by atoms with Gasteiger partial charge in [-0.2, -0.15) is 5.26 Å². The molecule has 0 fully saturated rings. The van der Waals surface area contributed by atoms with Gasteiger partial charge < -0.3 is 15.2 Å². The first-order valence-corrected chi connectivity index (χ1v) is 10.2. The van der Waals surface area contributed by atoms with E-state index in [0.29, 0.717) is 21.2 Å². The number of carbonyl (C=O) groups excluding carboxylic acids is 1. The van der Waals surface area contributed by atoms with Crippen LogP contribution in [0.25, 0.3) is 0 Å². The van der Waals surface area contributed by atoms with Crippen LogP contribution in [-0.4, -0.2) is 10.9 Å². The Hall–Kier alpha value is -4.06. The summed E-state index contributed by atoms with van der Waals surface area (Å²) in [5, 5.41) is 21.3. The highest BCUT2D eigenvalue weighted by molar-refractivity contribution is 6.36. The zero-order valence-corrected chi connectivity index (χ0v) is 18.1. The predicted molar refractivity (Wildman–Crippen MR) is 120 cm³/mol. The quantitative estimate of drug-likeness (QED) is 0.230. The molecule has 164 valence electrons. The summed E-state index contributed by atoms with van der Waals surface area (Å²) in [6.07, 6.45) is 0. The van der Waals surface area contributed by atoms with Crippen LogP contribution in [0.1, 0.15) is 27.4 Å². The molecule has 8 nitrogen and oxygen atoms in total. The minimum atomic E-state index is -0.790. The van der Waals surface area contributed by atoms with Crippen molar-refractivity contribution >= 4 is 34.9 Å². The van der Waals surface area contributed by atoms with Gasteiger partial charge in [-0.05, 0) is 24.3 Å². The summed E-state index contributed by atoms with van der Waals surface area (Å²) >= 11 is 12.8. The van der Waals surface area contributed by atoms with Crippen molar-refractivity contribution in [1.82, 2.24) is 0 Å². The molecule has 3 aromatic carbocycles. The maximum Gasteiger partial charge on any atom is 0.343 e. The fraction of sp³-hybridized carbons (Fsp3) is 0.0435. The van der Waals surface area contributed by atoms with Crippen LogP contribution in [0.2, 0.25) is 10.0 Å². The first kappa shape index (κ1) is 22.1. The summed E-state index contributed by atoms with van der Waals surface area (Å²) in [7, 11) is 0. The second-order valence-corrected chi connectivity index (χ2v) is 7.77. The lowest BCUT2D eigenvalue weighted by Crippen LogP contribution is -2.21. The van der Waals surface area contributed by atoms with Crippen molar-refractivity contribution in [2.24, 2.45) is 5.73 Å². The first-order valence-electron chi connectivity index (χ1n) is 9.42. The van der Waals surface area contributed by atoms with E-state index in [2.05, 4.69) is 6.07 Å². The Labute approximate surface area is 197 Å². The zero-order valence-electron chi connectivity index (χ0n) is 16.6. The SMILES string of the molecule is N#CC1=C(N)Oc2cc(OC(=O)c3cccc([N+](=O)[O-])c3)ccc2C1c1c(Cl)cccc1Cl. The standard InChI is InChI=1S/C23H13Cl2N3O5/c24-17-5-2-6-18(25)21(17)20-15-8-7-14(10-19(15)33-22(27)16(20)11-26)32-23(29)12-3-1-4-13(9-12)28(30)31/h1-10,20H,27H2. The number of halogens is 2.